The van der Waals surface area contributed by atoms with Crippen molar-refractivity contribution in [2.24, 2.45) is 0 Å². The predicted molar refractivity (Wildman–Crippen MR) is 161 cm³/mol. The Morgan fingerprint density at radius 3 is 2.50 bits per heavy atom. The zero-order valence-electron chi connectivity index (χ0n) is 24.3. The lowest BCUT2D eigenvalue weighted by molar-refractivity contribution is -0.142. The molecule has 6 rings (SSSR count). The first kappa shape index (κ1) is 29.9. The lowest BCUT2D eigenvalue weighted by Gasteiger charge is -2.39. The number of rotatable bonds is 8. The second-order valence-corrected chi connectivity index (χ2v) is 11.9. The number of aryl methyl sites for hydroxylation is 1. The number of nitriles is 1. The number of nitrogens with zero attached hydrogens (tertiary/aromatic N) is 8. The second-order valence-electron chi connectivity index (χ2n) is 11.0. The van der Waals surface area contributed by atoms with Gasteiger partial charge in [-0.3, -0.25) is 9.69 Å². The van der Waals surface area contributed by atoms with Crippen LogP contribution in [0.2, 0.25) is 0 Å². The van der Waals surface area contributed by atoms with Crippen LogP contribution in [0.1, 0.15) is 29.6 Å². The number of thiazole rings is 1. The van der Waals surface area contributed by atoms with Gasteiger partial charge in [-0.05, 0) is 42.8 Å². The van der Waals surface area contributed by atoms with Crippen molar-refractivity contribution < 1.29 is 23.1 Å². The van der Waals surface area contributed by atoms with E-state index in [2.05, 4.69) is 11.2 Å². The Bertz CT molecular complexity index is 1720. The Labute approximate surface area is 256 Å². The monoisotopic (exact) mass is 624 g/mol. The average Bonchev–Trinajstić information content (AvgIpc) is 3.61. The number of anilines is 3. The maximum atomic E-state index is 14.4. The van der Waals surface area contributed by atoms with Crippen molar-refractivity contribution in [2.75, 3.05) is 62.7 Å². The van der Waals surface area contributed by atoms with E-state index in [1.807, 2.05) is 22.8 Å². The molecule has 3 aromatic heterocycles. The zero-order chi connectivity index (χ0) is 31.1. The smallest absolute Gasteiger partial charge is 0.280 e. The largest absolute Gasteiger partial charge is 0.389 e. The van der Waals surface area contributed by atoms with Crippen LogP contribution in [0.5, 0.6) is 0 Å². The van der Waals surface area contributed by atoms with Crippen molar-refractivity contribution in [2.45, 2.75) is 25.9 Å². The fourth-order valence-electron chi connectivity index (χ4n) is 5.67. The number of pyridine rings is 1. The molecular formula is C30H31F3N8O2S. The van der Waals surface area contributed by atoms with Crippen LogP contribution in [0.15, 0.2) is 36.4 Å². The fraction of sp³-hybridized carbons (Fsp3) is 0.400. The molecule has 2 fully saturated rings. The van der Waals surface area contributed by atoms with E-state index in [9.17, 15) is 28.3 Å². The molecule has 0 radical (unpaired) electrons. The Morgan fingerprint density at radius 1 is 1.18 bits per heavy atom. The minimum absolute atomic E-state index is 0.0199. The zero-order valence-corrected chi connectivity index (χ0v) is 25.1. The van der Waals surface area contributed by atoms with E-state index in [1.54, 1.807) is 29.0 Å². The number of halogens is 3. The van der Waals surface area contributed by atoms with Gasteiger partial charge in [-0.2, -0.15) is 10.4 Å². The summed E-state index contributed by atoms with van der Waals surface area (Å²) in [4.78, 5) is 25.0. The molecule has 2 saturated heterocycles. The normalized spacial score (nSPS) is 16.0. The van der Waals surface area contributed by atoms with Crippen LogP contribution >= 0.6 is 11.3 Å². The molecule has 5 heterocycles. The highest BCUT2D eigenvalue weighted by Gasteiger charge is 2.31. The lowest BCUT2D eigenvalue weighted by atomic mass is 10.1. The van der Waals surface area contributed by atoms with Crippen LogP contribution in [-0.4, -0.2) is 94.4 Å². The van der Waals surface area contributed by atoms with Crippen molar-refractivity contribution >= 4 is 39.3 Å². The molecule has 1 N–H and O–H groups in total. The van der Waals surface area contributed by atoms with Crippen molar-refractivity contribution in [3.05, 3.63) is 58.5 Å². The second kappa shape index (κ2) is 12.1. The third kappa shape index (κ3) is 5.58. The number of alkyl halides is 2. The number of benzene rings is 1. The predicted octanol–water partition coefficient (Wildman–Crippen LogP) is 4.06. The summed E-state index contributed by atoms with van der Waals surface area (Å²) in [5.74, 6) is -0.416. The molecule has 1 aromatic carbocycles. The molecule has 14 heteroatoms. The molecule has 1 amide bonds. The summed E-state index contributed by atoms with van der Waals surface area (Å²) in [6.45, 7) is 5.17. The van der Waals surface area contributed by atoms with Gasteiger partial charge < -0.3 is 19.8 Å². The van der Waals surface area contributed by atoms with Gasteiger partial charge >= 0.3 is 0 Å². The molecule has 0 spiro atoms. The summed E-state index contributed by atoms with van der Waals surface area (Å²) in [5, 5.41) is 24.3. The molecule has 10 nitrogen and oxygen atoms in total. The molecular weight excluding hydrogens is 593 g/mol. The maximum absolute atomic E-state index is 14.4. The van der Waals surface area contributed by atoms with Crippen LogP contribution < -0.4 is 9.80 Å². The number of aliphatic hydroxyl groups is 1. The SMILES string of the molecule is CCc1nn2c(C(F)F)cc(N3CCN(CC(=O)N4CC(O)C4)CC3)cc2c1N(C)c1nc(-c2ccc(F)cc2)c(C#N)s1. The van der Waals surface area contributed by atoms with E-state index < -0.39 is 18.3 Å². The average molecular weight is 625 g/mol. The fourth-order valence-corrected chi connectivity index (χ4v) is 6.53. The van der Waals surface area contributed by atoms with Gasteiger partial charge in [-0.15, -0.1) is 0 Å². The summed E-state index contributed by atoms with van der Waals surface area (Å²) in [6, 6.07) is 11.2. The van der Waals surface area contributed by atoms with E-state index in [-0.39, 0.29) is 18.1 Å². The molecule has 4 aromatic rings. The van der Waals surface area contributed by atoms with Crippen LogP contribution in [0.4, 0.5) is 29.7 Å². The number of piperazine rings is 1. The standard InChI is InChI=1S/C30H31F3N8O2S/c1-3-22-28(37(2)30-35-27(25(14-34)44-30)18-4-6-19(31)7-5-18)23-12-20(13-24(29(32)33)41(23)36-22)39-10-8-38(9-11-39)17-26(43)40-15-21(42)16-40/h4-7,12-13,21,29,42H,3,8-11,15-17H2,1-2H3. The number of carbonyl (C=O) groups excluding carboxylic acids is 1. The third-order valence-corrected chi connectivity index (χ3v) is 9.15. The maximum Gasteiger partial charge on any atom is 0.280 e. The molecule has 2 aliphatic rings. The number of amides is 1. The number of hydrogen-bond donors (Lipinski definition) is 1. The highest BCUT2D eigenvalue weighted by Crippen LogP contribution is 2.40. The van der Waals surface area contributed by atoms with Crippen LogP contribution in [0.3, 0.4) is 0 Å². The summed E-state index contributed by atoms with van der Waals surface area (Å²) in [5.41, 5.74) is 3.12. The summed E-state index contributed by atoms with van der Waals surface area (Å²) >= 11 is 1.16. The lowest BCUT2D eigenvalue weighted by Crippen LogP contribution is -2.57. The van der Waals surface area contributed by atoms with Gasteiger partial charge in [0.05, 0.1) is 29.5 Å². The third-order valence-electron chi connectivity index (χ3n) is 8.12. The van der Waals surface area contributed by atoms with E-state index >= 15 is 0 Å². The number of β-amino-alcohol motifs (C(OH)–C–C–N with tert-alkyl or cyclic N) is 1. The summed E-state index contributed by atoms with van der Waals surface area (Å²) in [7, 11) is 1.77. The Balaban J connectivity index is 1.31. The highest BCUT2D eigenvalue weighted by molar-refractivity contribution is 7.16. The van der Waals surface area contributed by atoms with Gasteiger partial charge in [0.1, 0.15) is 28.2 Å². The van der Waals surface area contributed by atoms with Gasteiger partial charge in [0.15, 0.2) is 5.13 Å². The number of likely N-dealkylation sites (tertiary alicyclic amines) is 1. The molecule has 44 heavy (non-hydrogen) atoms. The van der Waals surface area contributed by atoms with Gasteiger partial charge in [0.2, 0.25) is 5.91 Å². The summed E-state index contributed by atoms with van der Waals surface area (Å²) in [6.07, 6.45) is -2.75. The Kier molecular flexibility index (Phi) is 8.19. The molecule has 0 saturated carbocycles. The van der Waals surface area contributed by atoms with Gasteiger partial charge in [0.25, 0.3) is 6.43 Å². The minimum atomic E-state index is -2.78. The molecule has 2 aliphatic heterocycles. The Morgan fingerprint density at radius 2 is 1.89 bits per heavy atom. The highest BCUT2D eigenvalue weighted by atomic mass is 32.1. The van der Waals surface area contributed by atoms with Gasteiger partial charge in [-0.25, -0.2) is 22.7 Å². The molecule has 0 aliphatic carbocycles. The van der Waals surface area contributed by atoms with Crippen LogP contribution in [-0.2, 0) is 11.2 Å². The topological polar surface area (TPSA) is 104 Å². The number of aromatic nitrogens is 3. The quantitative estimate of drug-likeness (QED) is 0.313. The first-order valence-electron chi connectivity index (χ1n) is 14.3. The van der Waals surface area contributed by atoms with Gasteiger partial charge in [-0.1, -0.05) is 18.3 Å². The van der Waals surface area contributed by atoms with E-state index in [1.165, 1.54) is 22.7 Å². The first-order valence-corrected chi connectivity index (χ1v) is 15.2. The number of carbonyl (C=O) groups is 1. The number of fused-ring (bicyclic) bond motifs is 1. The van der Waals surface area contributed by atoms with Crippen molar-refractivity contribution in [1.82, 2.24) is 24.4 Å². The molecule has 0 atom stereocenters. The van der Waals surface area contributed by atoms with Crippen LogP contribution in [0.25, 0.3) is 16.8 Å². The first-order chi connectivity index (χ1) is 21.2. The Hall–Kier alpha value is -4.19. The van der Waals surface area contributed by atoms with Gasteiger partial charge in [0, 0.05) is 57.6 Å². The number of hydrogen-bond acceptors (Lipinski definition) is 9. The molecule has 0 bridgehead atoms. The minimum Gasteiger partial charge on any atom is -0.389 e. The van der Waals surface area contributed by atoms with Crippen molar-refractivity contribution in [3.8, 4) is 17.3 Å². The molecule has 230 valence electrons. The van der Waals surface area contributed by atoms with E-state index in [4.69, 9.17) is 4.98 Å². The van der Waals surface area contributed by atoms with Crippen LogP contribution in [0, 0.1) is 17.1 Å². The van der Waals surface area contributed by atoms with Crippen molar-refractivity contribution in [3.63, 3.8) is 0 Å². The van der Waals surface area contributed by atoms with E-state index in [0.29, 0.717) is 89.5 Å². The summed E-state index contributed by atoms with van der Waals surface area (Å²) < 4.78 is 43.7. The molecule has 0 unspecified atom stereocenters. The van der Waals surface area contributed by atoms with Crippen molar-refractivity contribution in [1.29, 1.82) is 5.26 Å². The van der Waals surface area contributed by atoms with E-state index in [0.717, 1.165) is 11.3 Å². The number of aliphatic hydroxyl groups excluding tert-OH is 1.